The van der Waals surface area contributed by atoms with E-state index in [9.17, 15) is 8.42 Å². The van der Waals surface area contributed by atoms with Gasteiger partial charge in [0.05, 0.1) is 11.5 Å². The van der Waals surface area contributed by atoms with Crippen LogP contribution in [0.4, 0.5) is 0 Å². The third-order valence-electron chi connectivity index (χ3n) is 2.35. The van der Waals surface area contributed by atoms with Gasteiger partial charge in [0.1, 0.15) is 0 Å². The molecule has 0 saturated heterocycles. The molecule has 0 saturated carbocycles. The quantitative estimate of drug-likeness (QED) is 0.694. The van der Waals surface area contributed by atoms with Crippen LogP contribution in [-0.2, 0) is 14.6 Å². The van der Waals surface area contributed by atoms with Crippen LogP contribution in [0.2, 0.25) is 0 Å². The van der Waals surface area contributed by atoms with Crippen LogP contribution in [0.25, 0.3) is 0 Å². The number of hydrogen-bond acceptors (Lipinski definition) is 4. The van der Waals surface area contributed by atoms with Crippen LogP contribution in [0.15, 0.2) is 0 Å². The molecule has 0 aromatic rings. The van der Waals surface area contributed by atoms with Crippen LogP contribution < -0.4 is 5.73 Å². The molecule has 1 unspecified atom stereocenters. The van der Waals surface area contributed by atoms with Crippen molar-refractivity contribution >= 4 is 9.84 Å². The number of hydrogen-bond donors (Lipinski definition) is 1. The predicted octanol–water partition coefficient (Wildman–Crippen LogP) is 0.811. The van der Waals surface area contributed by atoms with Crippen molar-refractivity contribution in [2.45, 2.75) is 33.2 Å². The molecule has 4 nitrogen and oxygen atoms in total. The lowest BCUT2D eigenvalue weighted by molar-refractivity contribution is 0.199. The molecule has 2 N–H and O–H groups in total. The third kappa shape index (κ3) is 6.87. The molecular formula is C10H23NO3S. The van der Waals surface area contributed by atoms with Crippen LogP contribution in [0.5, 0.6) is 0 Å². The van der Waals surface area contributed by atoms with Crippen molar-refractivity contribution in [2.24, 2.45) is 11.1 Å². The second kappa shape index (κ2) is 5.82. The van der Waals surface area contributed by atoms with Gasteiger partial charge >= 0.3 is 0 Å². The highest BCUT2D eigenvalue weighted by atomic mass is 32.2. The normalized spacial score (nSPS) is 15.3. The molecule has 0 spiro atoms. The summed E-state index contributed by atoms with van der Waals surface area (Å²) < 4.78 is 28.1. The summed E-state index contributed by atoms with van der Waals surface area (Å²) in [6.07, 6.45) is 0.537. The second-order valence-electron chi connectivity index (χ2n) is 4.93. The highest BCUT2D eigenvalue weighted by Gasteiger charge is 2.25. The number of methoxy groups -OCH3 is 1. The Morgan fingerprint density at radius 2 is 1.87 bits per heavy atom. The van der Waals surface area contributed by atoms with E-state index in [0.29, 0.717) is 13.0 Å². The number of rotatable bonds is 6. The maximum atomic E-state index is 11.6. The first-order chi connectivity index (χ1) is 6.69. The molecule has 0 heterocycles. The summed E-state index contributed by atoms with van der Waals surface area (Å²) in [5, 5.41) is 0. The van der Waals surface area contributed by atoms with E-state index in [1.165, 1.54) is 0 Å². The Kier molecular flexibility index (Phi) is 5.77. The van der Waals surface area contributed by atoms with Gasteiger partial charge in [-0.1, -0.05) is 20.8 Å². The molecule has 0 radical (unpaired) electrons. The summed E-state index contributed by atoms with van der Waals surface area (Å²) in [4.78, 5) is 0. The van der Waals surface area contributed by atoms with E-state index in [-0.39, 0.29) is 23.0 Å². The van der Waals surface area contributed by atoms with Gasteiger partial charge in [-0.15, -0.1) is 0 Å². The third-order valence-corrected chi connectivity index (χ3v) is 4.13. The Hall–Kier alpha value is -0.130. The van der Waals surface area contributed by atoms with Crippen molar-refractivity contribution in [2.75, 3.05) is 25.2 Å². The van der Waals surface area contributed by atoms with Gasteiger partial charge in [0.15, 0.2) is 9.84 Å². The number of nitrogens with two attached hydrogens (primary N) is 1. The van der Waals surface area contributed by atoms with E-state index < -0.39 is 9.84 Å². The summed E-state index contributed by atoms with van der Waals surface area (Å²) in [5.74, 6) is 0.213. The topological polar surface area (TPSA) is 69.4 Å². The summed E-state index contributed by atoms with van der Waals surface area (Å²) in [5.41, 5.74) is 5.66. The van der Waals surface area contributed by atoms with E-state index in [1.54, 1.807) is 7.11 Å². The van der Waals surface area contributed by atoms with Gasteiger partial charge in [-0.2, -0.15) is 0 Å². The lowest BCUT2D eigenvalue weighted by Gasteiger charge is -2.26. The Morgan fingerprint density at radius 3 is 2.27 bits per heavy atom. The molecule has 0 aromatic heterocycles. The standard InChI is InChI=1S/C10H23NO3S/c1-10(2,3)9(11)8-15(12,13)7-5-6-14-4/h9H,5-8,11H2,1-4H3. The van der Waals surface area contributed by atoms with Crippen molar-refractivity contribution < 1.29 is 13.2 Å². The van der Waals surface area contributed by atoms with Crippen LogP contribution in [0, 0.1) is 5.41 Å². The van der Waals surface area contributed by atoms with Gasteiger partial charge in [0.2, 0.25) is 0 Å². The molecule has 0 amide bonds. The largest absolute Gasteiger partial charge is 0.385 e. The molecule has 0 aliphatic rings. The minimum Gasteiger partial charge on any atom is -0.385 e. The SMILES string of the molecule is COCCCS(=O)(=O)CC(N)C(C)(C)C. The van der Waals surface area contributed by atoms with Gasteiger partial charge in [0, 0.05) is 19.8 Å². The average Bonchev–Trinajstić information content (AvgIpc) is 2.01. The molecule has 0 aromatic carbocycles. The van der Waals surface area contributed by atoms with Crippen LogP contribution in [-0.4, -0.2) is 39.7 Å². The lowest BCUT2D eigenvalue weighted by atomic mass is 9.89. The first-order valence-corrected chi connectivity index (χ1v) is 6.96. The molecular weight excluding hydrogens is 214 g/mol. The van der Waals surface area contributed by atoms with E-state index in [1.807, 2.05) is 20.8 Å². The van der Waals surface area contributed by atoms with E-state index in [2.05, 4.69) is 0 Å². The zero-order valence-electron chi connectivity index (χ0n) is 10.1. The zero-order chi connectivity index (χ0) is 12.1. The Balaban J connectivity index is 4.15. The molecule has 92 valence electrons. The highest BCUT2D eigenvalue weighted by Crippen LogP contribution is 2.18. The fourth-order valence-corrected chi connectivity index (χ4v) is 2.80. The van der Waals surface area contributed by atoms with Crippen molar-refractivity contribution in [1.29, 1.82) is 0 Å². The molecule has 5 heteroatoms. The summed E-state index contributed by atoms with van der Waals surface area (Å²) in [6.45, 7) is 6.32. The van der Waals surface area contributed by atoms with Gasteiger partial charge in [-0.05, 0) is 11.8 Å². The maximum absolute atomic E-state index is 11.6. The summed E-state index contributed by atoms with van der Waals surface area (Å²) >= 11 is 0. The second-order valence-corrected chi connectivity index (χ2v) is 7.16. The van der Waals surface area contributed by atoms with Gasteiger partial charge in [-0.3, -0.25) is 0 Å². The maximum Gasteiger partial charge on any atom is 0.151 e. The average molecular weight is 237 g/mol. The van der Waals surface area contributed by atoms with Gasteiger partial charge < -0.3 is 10.5 Å². The van der Waals surface area contributed by atoms with Gasteiger partial charge in [-0.25, -0.2) is 8.42 Å². The molecule has 0 fully saturated rings. The molecule has 15 heavy (non-hydrogen) atoms. The molecule has 0 bridgehead atoms. The van der Waals surface area contributed by atoms with Crippen molar-refractivity contribution in [3.63, 3.8) is 0 Å². The van der Waals surface area contributed by atoms with Crippen LogP contribution in [0.1, 0.15) is 27.2 Å². The predicted molar refractivity (Wildman–Crippen MR) is 62.6 cm³/mol. The van der Waals surface area contributed by atoms with E-state index >= 15 is 0 Å². The molecule has 0 aliphatic carbocycles. The van der Waals surface area contributed by atoms with E-state index in [0.717, 1.165) is 0 Å². The Morgan fingerprint density at radius 1 is 1.33 bits per heavy atom. The van der Waals surface area contributed by atoms with Crippen molar-refractivity contribution in [1.82, 2.24) is 0 Å². The Labute approximate surface area is 93.1 Å². The lowest BCUT2D eigenvalue weighted by Crippen LogP contribution is -2.41. The fourth-order valence-electron chi connectivity index (χ4n) is 1.03. The highest BCUT2D eigenvalue weighted by molar-refractivity contribution is 7.91. The van der Waals surface area contributed by atoms with Crippen molar-refractivity contribution in [3.8, 4) is 0 Å². The number of sulfone groups is 1. The van der Waals surface area contributed by atoms with Gasteiger partial charge in [0.25, 0.3) is 0 Å². The minimum absolute atomic E-state index is 0.0558. The van der Waals surface area contributed by atoms with Crippen LogP contribution >= 0.6 is 0 Å². The zero-order valence-corrected chi connectivity index (χ0v) is 10.9. The van der Waals surface area contributed by atoms with Crippen LogP contribution in [0.3, 0.4) is 0 Å². The Bertz CT molecular complexity index is 267. The number of ether oxygens (including phenoxy) is 1. The smallest absolute Gasteiger partial charge is 0.151 e. The first-order valence-electron chi connectivity index (χ1n) is 5.14. The van der Waals surface area contributed by atoms with Crippen molar-refractivity contribution in [3.05, 3.63) is 0 Å². The fraction of sp³-hybridized carbons (Fsp3) is 1.00. The monoisotopic (exact) mass is 237 g/mol. The molecule has 0 aliphatic heterocycles. The summed E-state index contributed by atoms with van der Waals surface area (Å²) in [6, 6.07) is -0.315. The minimum atomic E-state index is -3.04. The van der Waals surface area contributed by atoms with E-state index in [4.69, 9.17) is 10.5 Å². The molecule has 0 rings (SSSR count). The first kappa shape index (κ1) is 14.9. The summed E-state index contributed by atoms with van der Waals surface area (Å²) in [7, 11) is -1.48. The molecule has 1 atom stereocenters.